The fraction of sp³-hybridized carbons (Fsp3) is 0.625. The van der Waals surface area contributed by atoms with Crippen molar-refractivity contribution < 1.29 is 19.7 Å². The number of hydrogen-bond acceptors (Lipinski definition) is 4. The summed E-state index contributed by atoms with van der Waals surface area (Å²) in [5.74, 6) is -0.180. The van der Waals surface area contributed by atoms with Crippen LogP contribution in [0.2, 0.25) is 0 Å². The van der Waals surface area contributed by atoms with Gasteiger partial charge in [0.15, 0.2) is 0 Å². The highest BCUT2D eigenvalue weighted by Crippen LogP contribution is 2.29. The molecule has 28 heavy (non-hydrogen) atoms. The van der Waals surface area contributed by atoms with Gasteiger partial charge in [-0.3, -0.25) is 0 Å². The Labute approximate surface area is 170 Å². The van der Waals surface area contributed by atoms with Crippen molar-refractivity contribution in [2.75, 3.05) is 19.8 Å². The van der Waals surface area contributed by atoms with Crippen LogP contribution >= 0.6 is 0 Å². The second kappa shape index (κ2) is 14.4. The average molecular weight is 391 g/mol. The van der Waals surface area contributed by atoms with Crippen LogP contribution in [-0.2, 0) is 22.4 Å². The highest BCUT2D eigenvalue weighted by molar-refractivity contribution is 5.87. The smallest absolute Gasteiger partial charge is 0.335 e. The molecule has 1 unspecified atom stereocenters. The predicted octanol–water partition coefficient (Wildman–Crippen LogP) is 4.71. The van der Waals surface area contributed by atoms with Crippen LogP contribution < -0.4 is 0 Å². The Morgan fingerprint density at radius 1 is 1.07 bits per heavy atom. The summed E-state index contributed by atoms with van der Waals surface area (Å²) in [5, 5.41) is 18.2. The number of aryl methyl sites for hydroxylation is 2. The average Bonchev–Trinajstić information content (AvgIpc) is 2.72. The molecule has 0 saturated heterocycles. The molecule has 0 amide bonds. The Morgan fingerprint density at radius 2 is 1.82 bits per heavy atom. The number of aliphatic hydroxyl groups excluding tert-OH is 2. The van der Waals surface area contributed by atoms with Crippen molar-refractivity contribution in [3.63, 3.8) is 0 Å². The minimum atomic E-state index is -0.529. The summed E-state index contributed by atoms with van der Waals surface area (Å²) in [6, 6.07) is 6.85. The van der Waals surface area contributed by atoms with Crippen molar-refractivity contribution in [1.82, 2.24) is 0 Å². The second-order valence-corrected chi connectivity index (χ2v) is 7.44. The number of esters is 1. The van der Waals surface area contributed by atoms with Crippen molar-refractivity contribution in [2.24, 2.45) is 0 Å². The number of carbonyl (C=O) groups is 1. The van der Waals surface area contributed by atoms with E-state index in [-0.39, 0.29) is 18.8 Å². The topological polar surface area (TPSA) is 66.8 Å². The molecular weight excluding hydrogens is 352 g/mol. The van der Waals surface area contributed by atoms with Gasteiger partial charge in [-0.05, 0) is 67.6 Å². The molecule has 4 nitrogen and oxygen atoms in total. The van der Waals surface area contributed by atoms with E-state index in [9.17, 15) is 9.90 Å². The summed E-state index contributed by atoms with van der Waals surface area (Å²) in [6.07, 6.45) is 9.26. The van der Waals surface area contributed by atoms with Crippen LogP contribution in [-0.4, -0.2) is 36.0 Å². The lowest BCUT2D eigenvalue weighted by molar-refractivity contribution is -0.139. The molecule has 158 valence electrons. The van der Waals surface area contributed by atoms with Gasteiger partial charge in [0.2, 0.25) is 0 Å². The Hall–Kier alpha value is -1.65. The molecule has 0 saturated carbocycles. The number of unbranched alkanes of at least 4 members (excludes halogenated alkanes) is 2. The zero-order chi connectivity index (χ0) is 20.8. The number of hydrogen-bond donors (Lipinski definition) is 2. The van der Waals surface area contributed by atoms with Crippen molar-refractivity contribution in [1.29, 1.82) is 0 Å². The van der Waals surface area contributed by atoms with Gasteiger partial charge in [0, 0.05) is 6.61 Å². The normalized spacial score (nSPS) is 12.0. The van der Waals surface area contributed by atoms with E-state index >= 15 is 0 Å². The van der Waals surface area contributed by atoms with Gasteiger partial charge >= 0.3 is 5.97 Å². The molecule has 0 spiro atoms. The van der Waals surface area contributed by atoms with Gasteiger partial charge in [-0.1, -0.05) is 51.5 Å². The third-order valence-corrected chi connectivity index (χ3v) is 5.25. The minimum absolute atomic E-state index is 0.0862. The Balaban J connectivity index is 2.71. The fourth-order valence-electron chi connectivity index (χ4n) is 3.51. The highest BCUT2D eigenvalue weighted by Gasteiger charge is 2.14. The zero-order valence-corrected chi connectivity index (χ0v) is 17.7. The van der Waals surface area contributed by atoms with Gasteiger partial charge in [-0.2, -0.15) is 0 Å². The number of ether oxygens (including phenoxy) is 1. The summed E-state index contributed by atoms with van der Waals surface area (Å²) in [4.78, 5) is 11.6. The second-order valence-electron chi connectivity index (χ2n) is 7.44. The number of rotatable bonds is 15. The van der Waals surface area contributed by atoms with Crippen molar-refractivity contribution in [2.45, 2.75) is 77.6 Å². The quantitative estimate of drug-likeness (QED) is 0.259. The first-order valence-electron chi connectivity index (χ1n) is 10.8. The van der Waals surface area contributed by atoms with Crippen molar-refractivity contribution in [3.05, 3.63) is 47.0 Å². The maximum absolute atomic E-state index is 11.6. The molecule has 1 rings (SSSR count). The molecule has 4 heteroatoms. The lowest BCUT2D eigenvalue weighted by Gasteiger charge is -2.19. The van der Waals surface area contributed by atoms with E-state index in [2.05, 4.69) is 38.6 Å². The molecule has 0 aromatic heterocycles. The molecule has 0 aliphatic heterocycles. The van der Waals surface area contributed by atoms with Gasteiger partial charge in [0.25, 0.3) is 0 Å². The van der Waals surface area contributed by atoms with E-state index in [0.717, 1.165) is 38.5 Å². The SMILES string of the molecule is C=C(CO)C(=O)OCCCC(CCCO)c1ccc(CCCCC)c(CC)c1. The Kier molecular flexibility index (Phi) is 12.5. The first kappa shape index (κ1) is 24.4. The lowest BCUT2D eigenvalue weighted by atomic mass is 9.87. The summed E-state index contributed by atoms with van der Waals surface area (Å²) < 4.78 is 5.16. The molecule has 0 heterocycles. The van der Waals surface area contributed by atoms with Crippen LogP contribution in [0.1, 0.15) is 81.4 Å². The summed E-state index contributed by atoms with van der Waals surface area (Å²) >= 11 is 0. The molecule has 2 N–H and O–H groups in total. The maximum Gasteiger partial charge on any atom is 0.335 e. The van der Waals surface area contributed by atoms with E-state index in [0.29, 0.717) is 12.5 Å². The van der Waals surface area contributed by atoms with Gasteiger partial charge in [0.05, 0.1) is 18.8 Å². The standard InChI is InChI=1S/C24H38O4/c1-4-6-7-10-22-13-14-23(17-20(22)5-2)21(11-8-15-25)12-9-16-28-24(27)19(3)18-26/h13-14,17,21,25-26H,3-12,15-16,18H2,1-2H3. The van der Waals surface area contributed by atoms with E-state index < -0.39 is 5.97 Å². The maximum atomic E-state index is 11.6. The fourth-order valence-corrected chi connectivity index (χ4v) is 3.51. The van der Waals surface area contributed by atoms with Gasteiger partial charge < -0.3 is 14.9 Å². The summed E-state index contributed by atoms with van der Waals surface area (Å²) in [6.45, 7) is 8.05. The minimum Gasteiger partial charge on any atom is -0.462 e. The van der Waals surface area contributed by atoms with Crippen LogP contribution in [0, 0.1) is 0 Å². The third kappa shape index (κ3) is 8.57. The number of aliphatic hydroxyl groups is 2. The van der Waals surface area contributed by atoms with Crippen molar-refractivity contribution in [3.8, 4) is 0 Å². The molecule has 0 aliphatic carbocycles. The molecule has 0 aliphatic rings. The largest absolute Gasteiger partial charge is 0.462 e. The van der Waals surface area contributed by atoms with Crippen LogP contribution in [0.25, 0.3) is 0 Å². The summed E-state index contributed by atoms with van der Waals surface area (Å²) in [5.41, 5.74) is 4.28. The first-order chi connectivity index (χ1) is 13.6. The molecule has 0 fully saturated rings. The third-order valence-electron chi connectivity index (χ3n) is 5.25. The zero-order valence-electron chi connectivity index (χ0n) is 17.7. The van der Waals surface area contributed by atoms with Gasteiger partial charge in [-0.15, -0.1) is 0 Å². The van der Waals surface area contributed by atoms with Crippen LogP contribution in [0.15, 0.2) is 30.4 Å². The molecular formula is C24H38O4. The Bertz CT molecular complexity index is 594. The van der Waals surface area contributed by atoms with Crippen LogP contribution in [0.4, 0.5) is 0 Å². The Morgan fingerprint density at radius 3 is 2.46 bits per heavy atom. The lowest BCUT2D eigenvalue weighted by Crippen LogP contribution is -2.11. The first-order valence-corrected chi connectivity index (χ1v) is 10.8. The van der Waals surface area contributed by atoms with Gasteiger partial charge in [0.1, 0.15) is 0 Å². The molecule has 0 bridgehead atoms. The number of benzene rings is 1. The van der Waals surface area contributed by atoms with E-state index in [1.807, 2.05) is 0 Å². The van der Waals surface area contributed by atoms with Crippen LogP contribution in [0.3, 0.4) is 0 Å². The highest BCUT2D eigenvalue weighted by atomic mass is 16.5. The molecule has 1 atom stereocenters. The molecule has 1 aromatic carbocycles. The molecule has 0 radical (unpaired) electrons. The molecule has 1 aromatic rings. The van der Waals surface area contributed by atoms with Gasteiger partial charge in [-0.25, -0.2) is 4.79 Å². The van der Waals surface area contributed by atoms with Crippen LogP contribution in [0.5, 0.6) is 0 Å². The summed E-state index contributed by atoms with van der Waals surface area (Å²) in [7, 11) is 0. The van der Waals surface area contributed by atoms with E-state index in [4.69, 9.17) is 9.84 Å². The van der Waals surface area contributed by atoms with Crippen molar-refractivity contribution >= 4 is 5.97 Å². The predicted molar refractivity (Wildman–Crippen MR) is 115 cm³/mol. The van der Waals surface area contributed by atoms with E-state index in [1.165, 1.54) is 36.0 Å². The monoisotopic (exact) mass is 390 g/mol. The number of carbonyl (C=O) groups excluding carboxylic acids is 1. The van der Waals surface area contributed by atoms with E-state index in [1.54, 1.807) is 0 Å².